The molecule has 7 nitrogen and oxygen atoms in total. The average Bonchev–Trinajstić information content (AvgIpc) is 2.40. The molecule has 2 amide bonds. The Labute approximate surface area is 129 Å². The molecule has 1 aromatic carbocycles. The van der Waals surface area contributed by atoms with Crippen LogP contribution < -0.4 is 15.8 Å². The molecule has 0 unspecified atom stereocenters. The first kappa shape index (κ1) is 15.3. The third-order valence-electron chi connectivity index (χ3n) is 2.39. The van der Waals surface area contributed by atoms with Crippen molar-refractivity contribution in [2.45, 2.75) is 4.90 Å². The first-order chi connectivity index (χ1) is 9.87. The second kappa shape index (κ2) is 6.10. The maximum absolute atomic E-state index is 12.2. The molecule has 0 atom stereocenters. The SMILES string of the molecule is NC(=O)Nc1ccc(NS(=O)(=O)c2cncc(Br)c2)cc1. The molecule has 0 aliphatic carbocycles. The predicted octanol–water partition coefficient (Wildman–Crippen LogP) is 2.14. The zero-order chi connectivity index (χ0) is 15.5. The van der Waals surface area contributed by atoms with Gasteiger partial charge in [-0.2, -0.15) is 0 Å². The molecule has 4 N–H and O–H groups in total. The number of rotatable bonds is 4. The number of benzene rings is 1. The van der Waals surface area contributed by atoms with Crippen molar-refractivity contribution in [3.05, 3.63) is 47.2 Å². The van der Waals surface area contributed by atoms with Crippen molar-refractivity contribution in [3.8, 4) is 0 Å². The number of pyridine rings is 1. The topological polar surface area (TPSA) is 114 Å². The fraction of sp³-hybridized carbons (Fsp3) is 0. The van der Waals surface area contributed by atoms with Gasteiger partial charge in [0, 0.05) is 28.2 Å². The summed E-state index contributed by atoms with van der Waals surface area (Å²) in [5.74, 6) is 0. The van der Waals surface area contributed by atoms with Gasteiger partial charge in [0.2, 0.25) is 0 Å². The van der Waals surface area contributed by atoms with Crippen LogP contribution in [-0.2, 0) is 10.0 Å². The van der Waals surface area contributed by atoms with Gasteiger partial charge >= 0.3 is 6.03 Å². The van der Waals surface area contributed by atoms with Crippen LogP contribution in [0.25, 0.3) is 0 Å². The molecule has 1 aromatic heterocycles. The third kappa shape index (κ3) is 4.17. The van der Waals surface area contributed by atoms with E-state index < -0.39 is 16.1 Å². The molecule has 0 spiro atoms. The molecule has 1 heterocycles. The molecule has 2 aromatic rings. The molecule has 0 saturated carbocycles. The van der Waals surface area contributed by atoms with Crippen molar-refractivity contribution >= 4 is 43.4 Å². The summed E-state index contributed by atoms with van der Waals surface area (Å²) < 4.78 is 27.3. The standard InChI is InChI=1S/C12H11BrN4O3S/c13-8-5-11(7-15-6-8)21(19,20)17-10-3-1-9(2-4-10)16-12(14)18/h1-7,17H,(H3,14,16,18). The van der Waals surface area contributed by atoms with Crippen LogP contribution in [0, 0.1) is 0 Å². The second-order valence-electron chi connectivity index (χ2n) is 4.01. The number of aromatic nitrogens is 1. The zero-order valence-electron chi connectivity index (χ0n) is 10.6. The number of anilines is 2. The normalized spacial score (nSPS) is 10.9. The molecule has 0 saturated heterocycles. The number of amides is 2. The van der Waals surface area contributed by atoms with Crippen LogP contribution in [0.15, 0.2) is 52.1 Å². The van der Waals surface area contributed by atoms with Gasteiger partial charge in [0.05, 0.1) is 0 Å². The number of urea groups is 1. The number of hydrogen-bond acceptors (Lipinski definition) is 4. The Morgan fingerprint density at radius 1 is 1.14 bits per heavy atom. The largest absolute Gasteiger partial charge is 0.351 e. The number of sulfonamides is 1. The molecular weight excluding hydrogens is 360 g/mol. The molecule has 0 aliphatic heterocycles. The highest BCUT2D eigenvalue weighted by molar-refractivity contribution is 9.10. The Balaban J connectivity index is 2.19. The van der Waals surface area contributed by atoms with Gasteiger partial charge in [-0.15, -0.1) is 0 Å². The summed E-state index contributed by atoms with van der Waals surface area (Å²) in [6.07, 6.45) is 2.74. The molecule has 0 bridgehead atoms. The predicted molar refractivity (Wildman–Crippen MR) is 82.4 cm³/mol. The summed E-state index contributed by atoms with van der Waals surface area (Å²) in [4.78, 5) is 14.5. The second-order valence-corrected chi connectivity index (χ2v) is 6.61. The highest BCUT2D eigenvalue weighted by atomic mass is 79.9. The van der Waals surface area contributed by atoms with Crippen molar-refractivity contribution in [2.24, 2.45) is 5.73 Å². The highest BCUT2D eigenvalue weighted by Gasteiger charge is 2.15. The van der Waals surface area contributed by atoms with E-state index in [2.05, 4.69) is 31.0 Å². The Morgan fingerprint density at radius 3 is 2.33 bits per heavy atom. The van der Waals surface area contributed by atoms with Crippen LogP contribution in [0.1, 0.15) is 0 Å². The fourth-order valence-electron chi connectivity index (χ4n) is 1.52. The number of carbonyl (C=O) groups excluding carboxylic acids is 1. The maximum atomic E-state index is 12.2. The molecule has 9 heteroatoms. The molecular formula is C12H11BrN4O3S. The van der Waals surface area contributed by atoms with Gasteiger partial charge < -0.3 is 11.1 Å². The maximum Gasteiger partial charge on any atom is 0.316 e. The van der Waals surface area contributed by atoms with E-state index in [0.717, 1.165) is 0 Å². The number of halogens is 1. The first-order valence-electron chi connectivity index (χ1n) is 5.67. The van der Waals surface area contributed by atoms with E-state index in [9.17, 15) is 13.2 Å². The molecule has 2 rings (SSSR count). The van der Waals surface area contributed by atoms with Crippen molar-refractivity contribution in [1.29, 1.82) is 0 Å². The van der Waals surface area contributed by atoms with E-state index in [1.54, 1.807) is 0 Å². The Bertz CT molecular complexity index is 762. The summed E-state index contributed by atoms with van der Waals surface area (Å²) in [7, 11) is -3.73. The number of nitrogens with zero attached hydrogens (tertiary/aromatic N) is 1. The van der Waals surface area contributed by atoms with E-state index in [-0.39, 0.29) is 4.90 Å². The van der Waals surface area contributed by atoms with Crippen LogP contribution in [0.5, 0.6) is 0 Å². The van der Waals surface area contributed by atoms with E-state index in [1.165, 1.54) is 42.7 Å². The lowest BCUT2D eigenvalue weighted by Gasteiger charge is -2.09. The van der Waals surface area contributed by atoms with Gasteiger partial charge in [0.15, 0.2) is 0 Å². The van der Waals surface area contributed by atoms with Gasteiger partial charge in [-0.3, -0.25) is 9.71 Å². The van der Waals surface area contributed by atoms with Gasteiger partial charge in [0.1, 0.15) is 4.90 Å². The minimum Gasteiger partial charge on any atom is -0.351 e. The Hall–Kier alpha value is -2.13. The van der Waals surface area contributed by atoms with Crippen LogP contribution in [0.3, 0.4) is 0 Å². The quantitative estimate of drug-likeness (QED) is 0.764. The first-order valence-corrected chi connectivity index (χ1v) is 7.94. The summed E-state index contributed by atoms with van der Waals surface area (Å²) in [5.41, 5.74) is 5.80. The average molecular weight is 371 g/mol. The number of hydrogen-bond donors (Lipinski definition) is 3. The lowest BCUT2D eigenvalue weighted by atomic mass is 10.3. The Kier molecular flexibility index (Phi) is 4.43. The van der Waals surface area contributed by atoms with Gasteiger partial charge in [-0.05, 0) is 46.3 Å². The number of nitrogens with one attached hydrogen (secondary N) is 2. The smallest absolute Gasteiger partial charge is 0.316 e. The van der Waals surface area contributed by atoms with E-state index in [1.807, 2.05) is 0 Å². The van der Waals surface area contributed by atoms with Crippen LogP contribution >= 0.6 is 15.9 Å². The molecule has 0 fully saturated rings. The van der Waals surface area contributed by atoms with E-state index in [4.69, 9.17) is 5.73 Å². The van der Waals surface area contributed by atoms with Gasteiger partial charge in [-0.25, -0.2) is 13.2 Å². The molecule has 0 aliphatic rings. The highest BCUT2D eigenvalue weighted by Crippen LogP contribution is 2.19. The fourth-order valence-corrected chi connectivity index (χ4v) is 3.08. The summed E-state index contributed by atoms with van der Waals surface area (Å²) in [6, 6.07) is 6.83. The lowest BCUT2D eigenvalue weighted by molar-refractivity contribution is 0.259. The molecule has 110 valence electrons. The minimum absolute atomic E-state index is 0.0382. The van der Waals surface area contributed by atoms with Crippen molar-refractivity contribution in [2.75, 3.05) is 10.0 Å². The summed E-state index contributed by atoms with van der Waals surface area (Å²) in [5, 5.41) is 2.38. The summed E-state index contributed by atoms with van der Waals surface area (Å²) >= 11 is 3.17. The third-order valence-corrected chi connectivity index (χ3v) is 4.18. The molecule has 0 radical (unpaired) electrons. The zero-order valence-corrected chi connectivity index (χ0v) is 13.0. The minimum atomic E-state index is -3.73. The van der Waals surface area contributed by atoms with Crippen molar-refractivity contribution < 1.29 is 13.2 Å². The van der Waals surface area contributed by atoms with E-state index in [0.29, 0.717) is 15.8 Å². The van der Waals surface area contributed by atoms with Crippen molar-refractivity contribution in [3.63, 3.8) is 0 Å². The Morgan fingerprint density at radius 2 is 1.76 bits per heavy atom. The summed E-state index contributed by atoms with van der Waals surface area (Å²) in [6.45, 7) is 0. The van der Waals surface area contributed by atoms with Gasteiger partial charge in [-0.1, -0.05) is 0 Å². The monoisotopic (exact) mass is 370 g/mol. The number of primary amides is 1. The van der Waals surface area contributed by atoms with Gasteiger partial charge in [0.25, 0.3) is 10.0 Å². The van der Waals surface area contributed by atoms with Crippen molar-refractivity contribution in [1.82, 2.24) is 4.98 Å². The van der Waals surface area contributed by atoms with Crippen LogP contribution in [-0.4, -0.2) is 19.4 Å². The van der Waals surface area contributed by atoms with E-state index >= 15 is 0 Å². The van der Waals surface area contributed by atoms with Crippen LogP contribution in [0.4, 0.5) is 16.2 Å². The molecule has 21 heavy (non-hydrogen) atoms. The van der Waals surface area contributed by atoms with Crippen LogP contribution in [0.2, 0.25) is 0 Å². The number of carbonyl (C=O) groups is 1. The number of nitrogens with two attached hydrogens (primary N) is 1. The lowest BCUT2D eigenvalue weighted by Crippen LogP contribution is -2.19.